The van der Waals surface area contributed by atoms with Crippen LogP contribution in [0.2, 0.25) is 0 Å². The van der Waals surface area contributed by atoms with E-state index in [1.165, 1.54) is 24.7 Å². The molecule has 0 saturated carbocycles. The lowest BCUT2D eigenvalue weighted by Gasteiger charge is -2.06. The van der Waals surface area contributed by atoms with Crippen molar-refractivity contribution in [3.63, 3.8) is 0 Å². The van der Waals surface area contributed by atoms with Gasteiger partial charge < -0.3 is 15.2 Å². The summed E-state index contributed by atoms with van der Waals surface area (Å²) in [7, 11) is 0. The van der Waals surface area contributed by atoms with E-state index in [-0.39, 0.29) is 17.3 Å². The molecule has 98 valence electrons. The first kappa shape index (κ1) is 12.7. The average Bonchev–Trinajstić information content (AvgIpc) is 2.42. The second-order valence-electron chi connectivity index (χ2n) is 3.50. The zero-order valence-corrected chi connectivity index (χ0v) is 10.2. The van der Waals surface area contributed by atoms with Gasteiger partial charge in [-0.05, 0) is 19.1 Å². The predicted octanol–water partition coefficient (Wildman–Crippen LogP) is 1.23. The maximum absolute atomic E-state index is 11.9. The lowest BCUT2D eigenvalue weighted by Crippen LogP contribution is -2.15. The van der Waals surface area contributed by atoms with Crippen molar-refractivity contribution in [2.24, 2.45) is 0 Å². The van der Waals surface area contributed by atoms with Gasteiger partial charge in [0.1, 0.15) is 12.0 Å². The van der Waals surface area contributed by atoms with Crippen LogP contribution in [-0.4, -0.2) is 32.6 Å². The summed E-state index contributed by atoms with van der Waals surface area (Å²) in [5.74, 6) is -0.232. The van der Waals surface area contributed by atoms with Crippen LogP contribution in [-0.2, 0) is 0 Å². The average molecular weight is 260 g/mol. The number of rotatable bonds is 4. The molecule has 7 heteroatoms. The van der Waals surface area contributed by atoms with Crippen molar-refractivity contribution in [3.05, 3.63) is 36.4 Å². The molecule has 1 amide bonds. The lowest BCUT2D eigenvalue weighted by molar-refractivity contribution is 0.102. The standard InChI is InChI=1S/C12H12N4O3/c1-2-19-10-6-8(14-7-15-10)12(18)16-11-9(17)4-3-5-13-11/h3-7,17H,2H2,1H3,(H,13,16,18). The number of nitrogens with zero attached hydrogens (tertiary/aromatic N) is 3. The highest BCUT2D eigenvalue weighted by Crippen LogP contribution is 2.19. The van der Waals surface area contributed by atoms with E-state index in [1.807, 2.05) is 6.92 Å². The molecule has 0 aromatic carbocycles. The first-order chi connectivity index (χ1) is 9.20. The number of anilines is 1. The Morgan fingerprint density at radius 2 is 2.26 bits per heavy atom. The van der Waals surface area contributed by atoms with E-state index < -0.39 is 5.91 Å². The third-order valence-electron chi connectivity index (χ3n) is 2.19. The number of aromatic nitrogens is 3. The molecule has 0 aliphatic carbocycles. The summed E-state index contributed by atoms with van der Waals surface area (Å²) < 4.78 is 5.17. The van der Waals surface area contributed by atoms with Gasteiger partial charge in [0, 0.05) is 12.3 Å². The number of amides is 1. The predicted molar refractivity (Wildman–Crippen MR) is 67.1 cm³/mol. The first-order valence-electron chi connectivity index (χ1n) is 5.61. The van der Waals surface area contributed by atoms with Crippen LogP contribution in [0.25, 0.3) is 0 Å². The first-order valence-corrected chi connectivity index (χ1v) is 5.61. The Morgan fingerprint density at radius 1 is 1.42 bits per heavy atom. The van der Waals surface area contributed by atoms with E-state index >= 15 is 0 Å². The van der Waals surface area contributed by atoms with Crippen molar-refractivity contribution < 1.29 is 14.6 Å². The molecular weight excluding hydrogens is 248 g/mol. The molecular formula is C12H12N4O3. The highest BCUT2D eigenvalue weighted by molar-refractivity contribution is 6.03. The van der Waals surface area contributed by atoms with E-state index in [4.69, 9.17) is 4.74 Å². The van der Waals surface area contributed by atoms with Gasteiger partial charge in [-0.15, -0.1) is 0 Å². The summed E-state index contributed by atoms with van der Waals surface area (Å²) in [5.41, 5.74) is 0.128. The summed E-state index contributed by atoms with van der Waals surface area (Å²) in [6, 6.07) is 4.40. The minimum Gasteiger partial charge on any atom is -0.504 e. The van der Waals surface area contributed by atoms with Gasteiger partial charge in [0.2, 0.25) is 5.88 Å². The number of aromatic hydroxyl groups is 1. The Kier molecular flexibility index (Phi) is 3.87. The SMILES string of the molecule is CCOc1cc(C(=O)Nc2ncccc2O)ncn1. The number of hydrogen-bond donors (Lipinski definition) is 2. The number of carbonyl (C=O) groups is 1. The van der Waals surface area contributed by atoms with Gasteiger partial charge in [0.05, 0.1) is 6.61 Å². The molecule has 0 atom stereocenters. The Bertz CT molecular complexity index is 589. The number of pyridine rings is 1. The Morgan fingerprint density at radius 3 is 3.00 bits per heavy atom. The molecule has 7 nitrogen and oxygen atoms in total. The topological polar surface area (TPSA) is 97.2 Å². The van der Waals surface area contributed by atoms with Gasteiger partial charge in [-0.1, -0.05) is 0 Å². The Hall–Kier alpha value is -2.70. The molecule has 2 N–H and O–H groups in total. The van der Waals surface area contributed by atoms with E-state index in [9.17, 15) is 9.90 Å². The second kappa shape index (κ2) is 5.76. The summed E-state index contributed by atoms with van der Waals surface area (Å²) in [6.45, 7) is 2.26. The van der Waals surface area contributed by atoms with Gasteiger partial charge in [-0.3, -0.25) is 4.79 Å². The van der Waals surface area contributed by atoms with Crippen molar-refractivity contribution in [3.8, 4) is 11.6 Å². The number of ether oxygens (including phenoxy) is 1. The largest absolute Gasteiger partial charge is 0.504 e. The van der Waals surface area contributed by atoms with Crippen LogP contribution in [0.4, 0.5) is 5.82 Å². The number of hydrogen-bond acceptors (Lipinski definition) is 6. The Balaban J connectivity index is 2.16. The molecule has 0 saturated heterocycles. The maximum atomic E-state index is 11.9. The number of nitrogens with one attached hydrogen (secondary N) is 1. The molecule has 0 bridgehead atoms. The van der Waals surface area contributed by atoms with Crippen molar-refractivity contribution in [2.45, 2.75) is 6.92 Å². The van der Waals surface area contributed by atoms with Gasteiger partial charge in [0.15, 0.2) is 11.6 Å². The molecule has 0 aliphatic heterocycles. The molecule has 2 aromatic heterocycles. The monoisotopic (exact) mass is 260 g/mol. The van der Waals surface area contributed by atoms with Crippen LogP contribution in [0.1, 0.15) is 17.4 Å². The van der Waals surface area contributed by atoms with Gasteiger partial charge in [-0.25, -0.2) is 15.0 Å². The lowest BCUT2D eigenvalue weighted by atomic mass is 10.3. The van der Waals surface area contributed by atoms with Crippen LogP contribution < -0.4 is 10.1 Å². The highest BCUT2D eigenvalue weighted by atomic mass is 16.5. The van der Waals surface area contributed by atoms with Crippen molar-refractivity contribution in [1.82, 2.24) is 15.0 Å². The minimum absolute atomic E-state index is 0.0732. The summed E-state index contributed by atoms with van der Waals surface area (Å²) in [5, 5.41) is 12.0. The zero-order valence-electron chi connectivity index (χ0n) is 10.2. The number of carbonyl (C=O) groups excluding carboxylic acids is 1. The van der Waals surface area contributed by atoms with Crippen LogP contribution in [0.15, 0.2) is 30.7 Å². The maximum Gasteiger partial charge on any atom is 0.275 e. The quantitative estimate of drug-likeness (QED) is 0.858. The molecule has 2 rings (SSSR count). The van der Waals surface area contributed by atoms with Crippen molar-refractivity contribution in [2.75, 3.05) is 11.9 Å². The molecule has 2 aromatic rings. The van der Waals surface area contributed by atoms with E-state index in [1.54, 1.807) is 6.07 Å². The normalized spacial score (nSPS) is 9.95. The zero-order chi connectivity index (χ0) is 13.7. The van der Waals surface area contributed by atoms with Crippen molar-refractivity contribution in [1.29, 1.82) is 0 Å². The molecule has 0 unspecified atom stereocenters. The Labute approximate surface area is 109 Å². The van der Waals surface area contributed by atoms with E-state index in [0.29, 0.717) is 12.5 Å². The van der Waals surface area contributed by atoms with Crippen LogP contribution in [0.3, 0.4) is 0 Å². The fourth-order valence-corrected chi connectivity index (χ4v) is 1.36. The molecule has 2 heterocycles. The van der Waals surface area contributed by atoms with Gasteiger partial charge >= 0.3 is 0 Å². The highest BCUT2D eigenvalue weighted by Gasteiger charge is 2.12. The third-order valence-corrected chi connectivity index (χ3v) is 2.19. The summed E-state index contributed by atoms with van der Waals surface area (Å²) in [6.07, 6.45) is 2.69. The summed E-state index contributed by atoms with van der Waals surface area (Å²) in [4.78, 5) is 23.5. The molecule has 0 spiro atoms. The fourth-order valence-electron chi connectivity index (χ4n) is 1.36. The molecule has 19 heavy (non-hydrogen) atoms. The molecule has 0 fully saturated rings. The fraction of sp³-hybridized carbons (Fsp3) is 0.167. The van der Waals surface area contributed by atoms with E-state index in [0.717, 1.165) is 0 Å². The van der Waals surface area contributed by atoms with Crippen LogP contribution in [0, 0.1) is 0 Å². The minimum atomic E-state index is -0.502. The van der Waals surface area contributed by atoms with Gasteiger partial charge in [-0.2, -0.15) is 0 Å². The third kappa shape index (κ3) is 3.15. The van der Waals surface area contributed by atoms with E-state index in [2.05, 4.69) is 20.3 Å². The van der Waals surface area contributed by atoms with Crippen LogP contribution in [0.5, 0.6) is 11.6 Å². The second-order valence-corrected chi connectivity index (χ2v) is 3.50. The summed E-state index contributed by atoms with van der Waals surface area (Å²) >= 11 is 0. The van der Waals surface area contributed by atoms with Crippen molar-refractivity contribution >= 4 is 11.7 Å². The molecule has 0 aliphatic rings. The van der Waals surface area contributed by atoms with Crippen LogP contribution >= 0.6 is 0 Å². The molecule has 0 radical (unpaired) electrons. The van der Waals surface area contributed by atoms with Gasteiger partial charge in [0.25, 0.3) is 5.91 Å². The smallest absolute Gasteiger partial charge is 0.275 e.